The van der Waals surface area contributed by atoms with Crippen LogP contribution in [0.3, 0.4) is 0 Å². The van der Waals surface area contributed by atoms with Crippen molar-refractivity contribution >= 4 is 11.6 Å². The maximum Gasteiger partial charge on any atom is 0.0587 e. The molecule has 0 aliphatic carbocycles. The number of hydrogen-bond acceptors (Lipinski definition) is 3. The van der Waals surface area contributed by atoms with Gasteiger partial charge < -0.3 is 14.8 Å². The lowest BCUT2D eigenvalue weighted by Crippen LogP contribution is -2.47. The first-order valence-corrected chi connectivity index (χ1v) is 6.72. The molecule has 0 bridgehead atoms. The Kier molecular flexibility index (Phi) is 5.01. The molecule has 0 unspecified atom stereocenters. The molecule has 1 fully saturated rings. The van der Waals surface area contributed by atoms with E-state index in [4.69, 9.17) is 21.1 Å². The predicted molar refractivity (Wildman–Crippen MR) is 73.1 cm³/mol. The van der Waals surface area contributed by atoms with E-state index in [0.29, 0.717) is 0 Å². The Labute approximate surface area is 113 Å². The minimum atomic E-state index is 0.00136. The van der Waals surface area contributed by atoms with Crippen LogP contribution >= 0.6 is 11.6 Å². The fourth-order valence-corrected chi connectivity index (χ4v) is 2.57. The normalized spacial score (nSPS) is 18.8. The van der Waals surface area contributed by atoms with Crippen molar-refractivity contribution in [2.75, 3.05) is 33.5 Å². The van der Waals surface area contributed by atoms with Gasteiger partial charge in [0, 0.05) is 37.4 Å². The van der Waals surface area contributed by atoms with Crippen molar-refractivity contribution in [3.05, 3.63) is 34.9 Å². The summed E-state index contributed by atoms with van der Waals surface area (Å²) in [6, 6.07) is 8.11. The molecule has 0 amide bonds. The van der Waals surface area contributed by atoms with Gasteiger partial charge in [-0.2, -0.15) is 0 Å². The molecule has 100 valence electrons. The quantitative estimate of drug-likeness (QED) is 0.834. The summed E-state index contributed by atoms with van der Waals surface area (Å²) in [4.78, 5) is 0. The smallest absolute Gasteiger partial charge is 0.0587 e. The van der Waals surface area contributed by atoms with Crippen molar-refractivity contribution < 1.29 is 9.47 Å². The lowest BCUT2D eigenvalue weighted by molar-refractivity contribution is 0.0336. The lowest BCUT2D eigenvalue weighted by atomic mass is 9.82. The second kappa shape index (κ2) is 6.53. The van der Waals surface area contributed by atoms with E-state index in [-0.39, 0.29) is 5.54 Å². The maximum atomic E-state index is 5.96. The van der Waals surface area contributed by atoms with E-state index in [1.165, 1.54) is 5.56 Å². The van der Waals surface area contributed by atoms with Crippen molar-refractivity contribution in [1.82, 2.24) is 5.32 Å². The summed E-state index contributed by atoms with van der Waals surface area (Å²) in [7, 11) is 1.72. The van der Waals surface area contributed by atoms with E-state index in [1.807, 2.05) is 12.1 Å². The van der Waals surface area contributed by atoms with Gasteiger partial charge in [0.1, 0.15) is 0 Å². The summed E-state index contributed by atoms with van der Waals surface area (Å²) in [5.74, 6) is 0. The molecule has 1 aromatic rings. The Bertz CT molecular complexity index is 361. The summed E-state index contributed by atoms with van der Waals surface area (Å²) in [5, 5.41) is 4.40. The fraction of sp³-hybridized carbons (Fsp3) is 0.571. The van der Waals surface area contributed by atoms with Gasteiger partial charge in [0.2, 0.25) is 0 Å². The third-order valence-corrected chi connectivity index (χ3v) is 3.76. The highest BCUT2D eigenvalue weighted by Crippen LogP contribution is 2.32. The Balaban J connectivity index is 2.15. The summed E-state index contributed by atoms with van der Waals surface area (Å²) in [6.07, 6.45) is 1.97. The standard InChI is InChI=1S/C14H20ClNO2/c1-17-11-8-16-14(6-9-18-10-7-14)12-2-4-13(15)5-3-12/h2-5,16H,6-11H2,1H3. The first kappa shape index (κ1) is 13.8. The van der Waals surface area contributed by atoms with Gasteiger partial charge in [0.15, 0.2) is 0 Å². The Morgan fingerprint density at radius 2 is 1.94 bits per heavy atom. The summed E-state index contributed by atoms with van der Waals surface area (Å²) in [5.41, 5.74) is 1.28. The molecule has 1 aliphatic heterocycles. The first-order chi connectivity index (χ1) is 8.77. The van der Waals surface area contributed by atoms with Crippen molar-refractivity contribution in [3.8, 4) is 0 Å². The number of nitrogens with one attached hydrogen (secondary N) is 1. The molecular formula is C14H20ClNO2. The molecule has 2 rings (SSSR count). The number of rotatable bonds is 5. The van der Waals surface area contributed by atoms with Crippen LogP contribution < -0.4 is 5.32 Å². The Morgan fingerprint density at radius 1 is 1.28 bits per heavy atom. The maximum absolute atomic E-state index is 5.96. The van der Waals surface area contributed by atoms with Crippen LogP contribution in [-0.4, -0.2) is 33.5 Å². The van der Waals surface area contributed by atoms with Crippen molar-refractivity contribution in [1.29, 1.82) is 0 Å². The number of methoxy groups -OCH3 is 1. The molecule has 3 nitrogen and oxygen atoms in total. The van der Waals surface area contributed by atoms with Crippen LogP contribution in [0.25, 0.3) is 0 Å². The average molecular weight is 270 g/mol. The second-order valence-corrected chi connectivity index (χ2v) is 5.06. The minimum Gasteiger partial charge on any atom is -0.383 e. The number of ether oxygens (including phenoxy) is 2. The summed E-state index contributed by atoms with van der Waals surface area (Å²) in [6.45, 7) is 3.15. The van der Waals surface area contributed by atoms with Crippen molar-refractivity contribution in [2.45, 2.75) is 18.4 Å². The second-order valence-electron chi connectivity index (χ2n) is 4.62. The van der Waals surface area contributed by atoms with Crippen LogP contribution in [0.1, 0.15) is 18.4 Å². The van der Waals surface area contributed by atoms with Crippen molar-refractivity contribution in [2.24, 2.45) is 0 Å². The van der Waals surface area contributed by atoms with Crippen LogP contribution in [0, 0.1) is 0 Å². The molecule has 1 aromatic carbocycles. The molecule has 4 heteroatoms. The zero-order valence-corrected chi connectivity index (χ0v) is 11.5. The molecule has 18 heavy (non-hydrogen) atoms. The summed E-state index contributed by atoms with van der Waals surface area (Å²) < 4.78 is 10.6. The van der Waals surface area contributed by atoms with Crippen LogP contribution in [0.4, 0.5) is 0 Å². The average Bonchev–Trinajstić information content (AvgIpc) is 2.41. The van der Waals surface area contributed by atoms with Gasteiger partial charge in [0.25, 0.3) is 0 Å². The van der Waals surface area contributed by atoms with E-state index in [0.717, 1.165) is 44.2 Å². The molecule has 0 radical (unpaired) electrons. The third kappa shape index (κ3) is 3.23. The van der Waals surface area contributed by atoms with Crippen LogP contribution in [0.5, 0.6) is 0 Å². The van der Waals surface area contributed by atoms with Crippen LogP contribution in [0.2, 0.25) is 5.02 Å². The van der Waals surface area contributed by atoms with Gasteiger partial charge in [0.05, 0.1) is 6.61 Å². The molecule has 0 aromatic heterocycles. The van der Waals surface area contributed by atoms with E-state index in [1.54, 1.807) is 7.11 Å². The monoisotopic (exact) mass is 269 g/mol. The van der Waals surface area contributed by atoms with Gasteiger partial charge in [-0.05, 0) is 30.5 Å². The van der Waals surface area contributed by atoms with Gasteiger partial charge >= 0.3 is 0 Å². The third-order valence-electron chi connectivity index (χ3n) is 3.51. The van der Waals surface area contributed by atoms with Gasteiger partial charge in [-0.25, -0.2) is 0 Å². The van der Waals surface area contributed by atoms with Gasteiger partial charge in [-0.3, -0.25) is 0 Å². The topological polar surface area (TPSA) is 30.5 Å². The molecule has 1 aliphatic rings. The van der Waals surface area contributed by atoms with Crippen LogP contribution in [-0.2, 0) is 15.0 Å². The molecule has 1 saturated heterocycles. The molecular weight excluding hydrogens is 250 g/mol. The van der Waals surface area contributed by atoms with E-state index >= 15 is 0 Å². The van der Waals surface area contributed by atoms with Crippen molar-refractivity contribution in [3.63, 3.8) is 0 Å². The zero-order chi connectivity index (χ0) is 12.8. The minimum absolute atomic E-state index is 0.00136. The number of hydrogen-bond donors (Lipinski definition) is 1. The molecule has 1 heterocycles. The molecule has 1 N–H and O–H groups in total. The molecule has 0 spiro atoms. The number of halogens is 1. The fourth-order valence-electron chi connectivity index (χ4n) is 2.45. The highest BCUT2D eigenvalue weighted by atomic mass is 35.5. The molecule has 0 saturated carbocycles. The highest BCUT2D eigenvalue weighted by Gasteiger charge is 2.33. The van der Waals surface area contributed by atoms with Crippen LogP contribution in [0.15, 0.2) is 24.3 Å². The number of benzene rings is 1. The predicted octanol–water partition coefficient (Wildman–Crippen LogP) is 2.58. The first-order valence-electron chi connectivity index (χ1n) is 6.35. The largest absolute Gasteiger partial charge is 0.383 e. The van der Waals surface area contributed by atoms with E-state index in [2.05, 4.69) is 17.4 Å². The van der Waals surface area contributed by atoms with E-state index in [9.17, 15) is 0 Å². The Hall–Kier alpha value is -0.610. The van der Waals surface area contributed by atoms with E-state index < -0.39 is 0 Å². The SMILES string of the molecule is COCCNC1(c2ccc(Cl)cc2)CCOCC1. The summed E-state index contributed by atoms with van der Waals surface area (Å²) >= 11 is 5.96. The molecule has 0 atom stereocenters. The van der Waals surface area contributed by atoms with Gasteiger partial charge in [-0.1, -0.05) is 23.7 Å². The van der Waals surface area contributed by atoms with Gasteiger partial charge in [-0.15, -0.1) is 0 Å². The lowest BCUT2D eigenvalue weighted by Gasteiger charge is -2.39. The zero-order valence-electron chi connectivity index (χ0n) is 10.7. The Morgan fingerprint density at radius 3 is 2.56 bits per heavy atom. The highest BCUT2D eigenvalue weighted by molar-refractivity contribution is 6.30.